The van der Waals surface area contributed by atoms with Crippen molar-refractivity contribution in [1.29, 1.82) is 0 Å². The Morgan fingerprint density at radius 2 is 1.70 bits per heavy atom. The van der Waals surface area contributed by atoms with Crippen molar-refractivity contribution in [2.45, 2.75) is 37.0 Å². The fraction of sp³-hybridized carbons (Fsp3) is 0.300. The van der Waals surface area contributed by atoms with E-state index in [-0.39, 0.29) is 11.9 Å². The number of hydrogen-bond acceptors (Lipinski definition) is 5. The van der Waals surface area contributed by atoms with Crippen LogP contribution >= 0.6 is 11.8 Å². The predicted molar refractivity (Wildman–Crippen MR) is 145 cm³/mol. The molecule has 3 aromatic carbocycles. The first kappa shape index (κ1) is 25.5. The third-order valence-electron chi connectivity index (χ3n) is 6.55. The SMILES string of the molecule is COc1ccc(-c2ccc(CSCC3COC(CCc4ccc(F)cc4)(Cn4ccnc4)O3)cc2)cc1. The van der Waals surface area contributed by atoms with Gasteiger partial charge in [-0.05, 0) is 52.9 Å². The lowest BCUT2D eigenvalue weighted by atomic mass is 10.0. The smallest absolute Gasteiger partial charge is 0.187 e. The minimum Gasteiger partial charge on any atom is -0.497 e. The summed E-state index contributed by atoms with van der Waals surface area (Å²) in [5.74, 6) is 1.67. The highest BCUT2D eigenvalue weighted by Gasteiger charge is 2.41. The van der Waals surface area contributed by atoms with Crippen LogP contribution in [-0.2, 0) is 28.2 Å². The molecule has 1 aromatic heterocycles. The minimum absolute atomic E-state index is 0.0142. The number of rotatable bonds is 11. The van der Waals surface area contributed by atoms with Gasteiger partial charge in [-0.15, -0.1) is 0 Å². The zero-order valence-electron chi connectivity index (χ0n) is 20.9. The Kier molecular flexibility index (Phi) is 8.24. The summed E-state index contributed by atoms with van der Waals surface area (Å²) in [4.78, 5) is 4.16. The summed E-state index contributed by atoms with van der Waals surface area (Å²) < 4.78 is 33.4. The largest absolute Gasteiger partial charge is 0.497 e. The summed E-state index contributed by atoms with van der Waals surface area (Å²) in [6, 6.07) is 23.5. The van der Waals surface area contributed by atoms with E-state index in [4.69, 9.17) is 14.2 Å². The van der Waals surface area contributed by atoms with Crippen LogP contribution in [0.2, 0.25) is 0 Å². The molecule has 5 rings (SSSR count). The van der Waals surface area contributed by atoms with Crippen LogP contribution in [0.25, 0.3) is 11.1 Å². The predicted octanol–water partition coefficient (Wildman–Crippen LogP) is 6.38. The van der Waals surface area contributed by atoms with Crippen molar-refractivity contribution in [3.63, 3.8) is 0 Å². The maximum Gasteiger partial charge on any atom is 0.187 e. The Balaban J connectivity index is 1.15. The third-order valence-corrected chi connectivity index (χ3v) is 7.70. The summed E-state index contributed by atoms with van der Waals surface area (Å²) >= 11 is 1.85. The number of hydrogen-bond donors (Lipinski definition) is 0. The lowest BCUT2D eigenvalue weighted by Gasteiger charge is -2.28. The average molecular weight is 519 g/mol. The monoisotopic (exact) mass is 518 g/mol. The van der Waals surface area contributed by atoms with Gasteiger partial charge in [-0.2, -0.15) is 11.8 Å². The average Bonchev–Trinajstić information content (AvgIpc) is 3.59. The van der Waals surface area contributed by atoms with Crippen LogP contribution < -0.4 is 4.74 Å². The zero-order chi connectivity index (χ0) is 25.5. The quantitative estimate of drug-likeness (QED) is 0.231. The Morgan fingerprint density at radius 3 is 2.38 bits per heavy atom. The number of thioether (sulfide) groups is 1. The van der Waals surface area contributed by atoms with Crippen LogP contribution in [0.5, 0.6) is 5.75 Å². The highest BCUT2D eigenvalue weighted by Crippen LogP contribution is 2.33. The fourth-order valence-corrected chi connectivity index (χ4v) is 5.49. The number of benzene rings is 3. The van der Waals surface area contributed by atoms with Crippen LogP contribution in [0.4, 0.5) is 4.39 Å². The molecule has 2 atom stereocenters. The lowest BCUT2D eigenvalue weighted by Crippen LogP contribution is -2.37. The summed E-state index contributed by atoms with van der Waals surface area (Å²) in [6.45, 7) is 1.13. The number of halogens is 1. The highest BCUT2D eigenvalue weighted by atomic mass is 32.2. The second kappa shape index (κ2) is 11.9. The summed E-state index contributed by atoms with van der Waals surface area (Å²) in [5.41, 5.74) is 4.71. The normalized spacial score (nSPS) is 19.2. The molecule has 4 aromatic rings. The first-order valence-electron chi connectivity index (χ1n) is 12.4. The Labute approximate surface area is 221 Å². The molecule has 7 heteroatoms. The number of aryl methyl sites for hydroxylation is 1. The van der Waals surface area contributed by atoms with Crippen molar-refractivity contribution in [2.75, 3.05) is 19.5 Å². The van der Waals surface area contributed by atoms with Gasteiger partial charge < -0.3 is 18.8 Å². The van der Waals surface area contributed by atoms with E-state index in [1.807, 2.05) is 46.8 Å². The molecule has 37 heavy (non-hydrogen) atoms. The van der Waals surface area contributed by atoms with E-state index in [1.54, 1.807) is 19.6 Å². The topological polar surface area (TPSA) is 45.5 Å². The van der Waals surface area contributed by atoms with Gasteiger partial charge in [0.05, 0.1) is 32.7 Å². The highest BCUT2D eigenvalue weighted by molar-refractivity contribution is 7.98. The van der Waals surface area contributed by atoms with Gasteiger partial charge in [0.25, 0.3) is 0 Å². The Morgan fingerprint density at radius 1 is 1.00 bits per heavy atom. The molecule has 0 amide bonds. The lowest BCUT2D eigenvalue weighted by molar-refractivity contribution is -0.180. The maximum absolute atomic E-state index is 13.3. The number of imidazole rings is 1. The second-order valence-electron chi connectivity index (χ2n) is 9.26. The number of nitrogens with zero attached hydrogens (tertiary/aromatic N) is 2. The van der Waals surface area contributed by atoms with Crippen LogP contribution in [0.15, 0.2) is 91.5 Å². The van der Waals surface area contributed by atoms with Gasteiger partial charge in [-0.3, -0.25) is 0 Å². The summed E-state index contributed by atoms with van der Waals surface area (Å²) in [6.07, 6.45) is 6.91. The van der Waals surface area contributed by atoms with Gasteiger partial charge in [0.2, 0.25) is 0 Å². The first-order valence-corrected chi connectivity index (χ1v) is 13.6. The van der Waals surface area contributed by atoms with E-state index in [0.717, 1.165) is 29.2 Å². The van der Waals surface area contributed by atoms with E-state index >= 15 is 0 Å². The standard InChI is InChI=1S/C30H31FN2O3S/c1-34-28-12-8-26(9-13-28)25-6-2-24(3-7-25)19-37-20-29-18-35-30(36-29,21-33-17-16-32-22-33)15-14-23-4-10-27(31)11-5-23/h2-13,16-17,22,29H,14-15,18-21H2,1H3. The van der Waals surface area contributed by atoms with Crippen molar-refractivity contribution in [3.8, 4) is 16.9 Å². The second-order valence-corrected chi connectivity index (χ2v) is 10.3. The van der Waals surface area contributed by atoms with Gasteiger partial charge in [0.1, 0.15) is 11.6 Å². The molecule has 192 valence electrons. The van der Waals surface area contributed by atoms with Gasteiger partial charge in [-0.1, -0.05) is 48.5 Å². The zero-order valence-corrected chi connectivity index (χ0v) is 21.7. The minimum atomic E-state index is -0.722. The van der Waals surface area contributed by atoms with Gasteiger partial charge >= 0.3 is 0 Å². The molecule has 5 nitrogen and oxygen atoms in total. The van der Waals surface area contributed by atoms with Crippen molar-refractivity contribution < 1.29 is 18.6 Å². The van der Waals surface area contributed by atoms with E-state index in [1.165, 1.54) is 28.8 Å². The fourth-order valence-electron chi connectivity index (χ4n) is 4.52. The van der Waals surface area contributed by atoms with E-state index in [9.17, 15) is 4.39 Å². The van der Waals surface area contributed by atoms with Crippen LogP contribution in [0.3, 0.4) is 0 Å². The molecule has 2 unspecified atom stereocenters. The molecule has 0 aliphatic carbocycles. The Bertz CT molecular complexity index is 1250. The van der Waals surface area contributed by atoms with Gasteiger partial charge in [-0.25, -0.2) is 9.37 Å². The molecule has 1 aliphatic rings. The van der Waals surface area contributed by atoms with Gasteiger partial charge in [0.15, 0.2) is 5.79 Å². The van der Waals surface area contributed by atoms with Crippen LogP contribution in [-0.4, -0.2) is 40.9 Å². The van der Waals surface area contributed by atoms with Crippen molar-refractivity contribution in [1.82, 2.24) is 9.55 Å². The molecule has 0 saturated carbocycles. The molecule has 0 radical (unpaired) electrons. The molecule has 0 spiro atoms. The summed E-state index contributed by atoms with van der Waals surface area (Å²) in [7, 11) is 1.68. The number of ether oxygens (including phenoxy) is 3. The molecular formula is C30H31FN2O3S. The van der Waals surface area contributed by atoms with Crippen LogP contribution in [0.1, 0.15) is 17.5 Å². The van der Waals surface area contributed by atoms with E-state index in [0.29, 0.717) is 19.6 Å². The van der Waals surface area contributed by atoms with Crippen molar-refractivity contribution in [3.05, 3.63) is 108 Å². The van der Waals surface area contributed by atoms with Crippen LogP contribution in [0, 0.1) is 5.82 Å². The molecule has 2 heterocycles. The molecule has 0 N–H and O–H groups in total. The maximum atomic E-state index is 13.3. The summed E-state index contributed by atoms with van der Waals surface area (Å²) in [5, 5.41) is 0. The first-order chi connectivity index (χ1) is 18.1. The molecule has 1 aliphatic heterocycles. The number of methoxy groups -OCH3 is 1. The van der Waals surface area contributed by atoms with Crippen molar-refractivity contribution in [2.24, 2.45) is 0 Å². The van der Waals surface area contributed by atoms with E-state index < -0.39 is 5.79 Å². The van der Waals surface area contributed by atoms with Gasteiger partial charge in [0, 0.05) is 30.3 Å². The third kappa shape index (κ3) is 6.80. The molecule has 0 bridgehead atoms. The number of aromatic nitrogens is 2. The van der Waals surface area contributed by atoms with Crippen molar-refractivity contribution >= 4 is 11.8 Å². The molecular weight excluding hydrogens is 487 g/mol. The Hall–Kier alpha value is -3.13. The van der Waals surface area contributed by atoms with E-state index in [2.05, 4.69) is 41.4 Å². The molecule has 1 fully saturated rings. The molecule has 1 saturated heterocycles.